The van der Waals surface area contributed by atoms with E-state index >= 15 is 0 Å². The van der Waals surface area contributed by atoms with E-state index in [1.807, 2.05) is 19.1 Å². The van der Waals surface area contributed by atoms with Crippen LogP contribution in [0, 0.1) is 5.82 Å². The molecule has 0 spiro atoms. The number of hydrogen-bond acceptors (Lipinski definition) is 2. The molecule has 2 atom stereocenters. The van der Waals surface area contributed by atoms with Crippen LogP contribution in [0.3, 0.4) is 0 Å². The number of rotatable bonds is 8. The number of ether oxygens (including phenoxy) is 1. The summed E-state index contributed by atoms with van der Waals surface area (Å²) in [6, 6.07) is 7.00. The van der Waals surface area contributed by atoms with E-state index in [0.29, 0.717) is 0 Å². The van der Waals surface area contributed by atoms with Crippen LogP contribution in [0.25, 0.3) is 0 Å². The van der Waals surface area contributed by atoms with Crippen LogP contribution in [-0.2, 0) is 11.2 Å². The highest BCUT2D eigenvalue weighted by atomic mass is 19.1. The van der Waals surface area contributed by atoms with Gasteiger partial charge in [-0.1, -0.05) is 26.0 Å². The predicted molar refractivity (Wildman–Crippen MR) is 73.3 cm³/mol. The van der Waals surface area contributed by atoms with Gasteiger partial charge in [-0.25, -0.2) is 4.39 Å². The van der Waals surface area contributed by atoms with Gasteiger partial charge in [0, 0.05) is 12.6 Å². The van der Waals surface area contributed by atoms with Gasteiger partial charge in [0.25, 0.3) is 0 Å². The first-order valence-corrected chi connectivity index (χ1v) is 6.80. The molecule has 0 aliphatic carbocycles. The zero-order valence-electron chi connectivity index (χ0n) is 11.6. The Hall–Kier alpha value is -0.930. The van der Waals surface area contributed by atoms with Crippen LogP contribution in [-0.4, -0.2) is 25.3 Å². The summed E-state index contributed by atoms with van der Waals surface area (Å²) in [6.07, 6.45) is 2.05. The fourth-order valence-electron chi connectivity index (χ4n) is 2.20. The third-order valence-corrected chi connectivity index (χ3v) is 3.07. The highest BCUT2D eigenvalue weighted by Crippen LogP contribution is 2.12. The van der Waals surface area contributed by atoms with Gasteiger partial charge >= 0.3 is 0 Å². The smallest absolute Gasteiger partial charge is 0.123 e. The zero-order chi connectivity index (χ0) is 13.4. The van der Waals surface area contributed by atoms with E-state index < -0.39 is 0 Å². The van der Waals surface area contributed by atoms with Crippen LogP contribution in [0.1, 0.15) is 32.8 Å². The van der Waals surface area contributed by atoms with Crippen molar-refractivity contribution >= 4 is 0 Å². The van der Waals surface area contributed by atoms with Crippen molar-refractivity contribution in [2.75, 3.05) is 13.2 Å². The van der Waals surface area contributed by atoms with Gasteiger partial charge in [-0.3, -0.25) is 0 Å². The number of benzene rings is 1. The molecule has 0 aliphatic rings. The van der Waals surface area contributed by atoms with E-state index in [0.717, 1.165) is 31.6 Å². The van der Waals surface area contributed by atoms with Gasteiger partial charge in [0.05, 0.1) is 6.10 Å². The first-order valence-electron chi connectivity index (χ1n) is 6.80. The fourth-order valence-corrected chi connectivity index (χ4v) is 2.20. The van der Waals surface area contributed by atoms with Gasteiger partial charge in [0.1, 0.15) is 5.82 Å². The number of halogens is 1. The van der Waals surface area contributed by atoms with Gasteiger partial charge < -0.3 is 10.1 Å². The Bertz CT molecular complexity index is 326. The minimum Gasteiger partial charge on any atom is -0.377 e. The molecule has 1 aromatic rings. The number of nitrogens with one attached hydrogen (secondary N) is 1. The van der Waals surface area contributed by atoms with E-state index in [4.69, 9.17) is 4.74 Å². The summed E-state index contributed by atoms with van der Waals surface area (Å²) in [6.45, 7) is 7.88. The van der Waals surface area contributed by atoms with Gasteiger partial charge in [0.2, 0.25) is 0 Å². The summed E-state index contributed by atoms with van der Waals surface area (Å²) in [5.41, 5.74) is 1.14. The molecule has 0 saturated carbocycles. The molecule has 3 heteroatoms. The van der Waals surface area contributed by atoms with Crippen molar-refractivity contribution in [3.05, 3.63) is 35.6 Å². The first kappa shape index (κ1) is 15.1. The van der Waals surface area contributed by atoms with Crippen LogP contribution in [0.4, 0.5) is 4.39 Å². The Morgan fingerprint density at radius 3 is 2.33 bits per heavy atom. The SMILES string of the molecule is CCNC(Cc1ccc(F)cc1)C(CC)OCC. The maximum atomic E-state index is 12.9. The Morgan fingerprint density at radius 2 is 1.83 bits per heavy atom. The van der Waals surface area contributed by atoms with Crippen LogP contribution >= 0.6 is 0 Å². The van der Waals surface area contributed by atoms with Crippen molar-refractivity contribution in [2.45, 2.75) is 45.8 Å². The molecule has 2 unspecified atom stereocenters. The largest absolute Gasteiger partial charge is 0.377 e. The molecule has 18 heavy (non-hydrogen) atoms. The molecule has 0 amide bonds. The predicted octanol–water partition coefficient (Wildman–Crippen LogP) is 3.16. The summed E-state index contributed by atoms with van der Waals surface area (Å²) in [7, 11) is 0. The molecule has 0 radical (unpaired) electrons. The zero-order valence-corrected chi connectivity index (χ0v) is 11.6. The molecule has 0 aliphatic heterocycles. The molecular formula is C15H24FNO. The van der Waals surface area contributed by atoms with Gasteiger partial charge in [-0.05, 0) is 44.0 Å². The lowest BCUT2D eigenvalue weighted by Crippen LogP contribution is -2.42. The number of hydrogen-bond donors (Lipinski definition) is 1. The fraction of sp³-hybridized carbons (Fsp3) is 0.600. The molecule has 0 bridgehead atoms. The van der Waals surface area contributed by atoms with E-state index in [1.54, 1.807) is 0 Å². The lowest BCUT2D eigenvalue weighted by molar-refractivity contribution is 0.0323. The van der Waals surface area contributed by atoms with Gasteiger partial charge in [0.15, 0.2) is 0 Å². The Labute approximate surface area is 110 Å². The second-order valence-corrected chi connectivity index (χ2v) is 4.40. The van der Waals surface area contributed by atoms with E-state index in [9.17, 15) is 4.39 Å². The van der Waals surface area contributed by atoms with E-state index in [-0.39, 0.29) is 18.0 Å². The molecule has 0 heterocycles. The van der Waals surface area contributed by atoms with Crippen molar-refractivity contribution in [2.24, 2.45) is 0 Å². The number of likely N-dealkylation sites (N-methyl/N-ethyl adjacent to an activating group) is 1. The monoisotopic (exact) mass is 253 g/mol. The molecule has 1 N–H and O–H groups in total. The first-order chi connectivity index (χ1) is 8.71. The standard InChI is InChI=1S/C15H24FNO/c1-4-15(18-6-3)14(17-5-2)11-12-7-9-13(16)10-8-12/h7-10,14-15,17H,4-6,11H2,1-3H3. The molecular weight excluding hydrogens is 229 g/mol. The maximum Gasteiger partial charge on any atom is 0.123 e. The molecule has 0 fully saturated rings. The quantitative estimate of drug-likeness (QED) is 0.768. The lowest BCUT2D eigenvalue weighted by Gasteiger charge is -2.27. The highest BCUT2D eigenvalue weighted by molar-refractivity contribution is 5.17. The molecule has 0 aromatic heterocycles. The summed E-state index contributed by atoms with van der Waals surface area (Å²) in [4.78, 5) is 0. The summed E-state index contributed by atoms with van der Waals surface area (Å²) >= 11 is 0. The average Bonchev–Trinajstić information content (AvgIpc) is 2.38. The Morgan fingerprint density at radius 1 is 1.17 bits per heavy atom. The lowest BCUT2D eigenvalue weighted by atomic mass is 9.99. The van der Waals surface area contributed by atoms with E-state index in [1.165, 1.54) is 12.1 Å². The molecule has 2 nitrogen and oxygen atoms in total. The maximum absolute atomic E-state index is 12.9. The highest BCUT2D eigenvalue weighted by Gasteiger charge is 2.19. The second-order valence-electron chi connectivity index (χ2n) is 4.40. The van der Waals surface area contributed by atoms with E-state index in [2.05, 4.69) is 19.2 Å². The minimum atomic E-state index is -0.185. The van der Waals surface area contributed by atoms with Crippen molar-refractivity contribution < 1.29 is 9.13 Å². The molecule has 102 valence electrons. The van der Waals surface area contributed by atoms with Crippen LogP contribution < -0.4 is 5.32 Å². The van der Waals surface area contributed by atoms with Crippen molar-refractivity contribution in [1.82, 2.24) is 5.32 Å². The van der Waals surface area contributed by atoms with Gasteiger partial charge in [-0.2, -0.15) is 0 Å². The van der Waals surface area contributed by atoms with Crippen molar-refractivity contribution in [1.29, 1.82) is 0 Å². The molecule has 1 rings (SSSR count). The summed E-state index contributed by atoms with van der Waals surface area (Å²) < 4.78 is 18.6. The van der Waals surface area contributed by atoms with Crippen molar-refractivity contribution in [3.63, 3.8) is 0 Å². The minimum absolute atomic E-state index is 0.185. The van der Waals surface area contributed by atoms with Crippen molar-refractivity contribution in [3.8, 4) is 0 Å². The third-order valence-electron chi connectivity index (χ3n) is 3.07. The van der Waals surface area contributed by atoms with Crippen LogP contribution in [0.15, 0.2) is 24.3 Å². The third kappa shape index (κ3) is 4.75. The topological polar surface area (TPSA) is 21.3 Å². The van der Waals surface area contributed by atoms with Crippen LogP contribution in [0.5, 0.6) is 0 Å². The summed E-state index contributed by atoms with van der Waals surface area (Å²) in [5.74, 6) is -0.185. The molecule has 0 saturated heterocycles. The molecule has 1 aromatic carbocycles. The normalized spacial score (nSPS) is 14.4. The van der Waals surface area contributed by atoms with Gasteiger partial charge in [-0.15, -0.1) is 0 Å². The summed E-state index contributed by atoms with van der Waals surface area (Å²) in [5, 5.41) is 3.46. The Kier molecular flexibility index (Phi) is 6.91. The van der Waals surface area contributed by atoms with Crippen LogP contribution in [0.2, 0.25) is 0 Å². The average molecular weight is 253 g/mol. The Balaban J connectivity index is 2.68. The second kappa shape index (κ2) is 8.22.